The molecule has 20 heavy (non-hydrogen) atoms. The molecule has 0 saturated heterocycles. The number of rotatable bonds is 7. The van der Waals surface area contributed by atoms with Crippen LogP contribution in [0.2, 0.25) is 0 Å². The van der Waals surface area contributed by atoms with Crippen molar-refractivity contribution in [1.82, 2.24) is 0 Å². The van der Waals surface area contributed by atoms with Crippen LogP contribution < -0.4 is 14.2 Å². The molecule has 0 unspecified atom stereocenters. The SMILES string of the molecule is CCc1ccc(OCCOc2ccc(OC)cc2)cc1. The lowest BCUT2D eigenvalue weighted by Gasteiger charge is -2.09. The number of hydrogen-bond donors (Lipinski definition) is 0. The molecule has 0 heterocycles. The Balaban J connectivity index is 1.72. The van der Waals surface area contributed by atoms with Gasteiger partial charge < -0.3 is 14.2 Å². The van der Waals surface area contributed by atoms with Crippen molar-refractivity contribution in [3.05, 3.63) is 54.1 Å². The number of aryl methyl sites for hydroxylation is 1. The van der Waals surface area contributed by atoms with Crippen LogP contribution in [0.1, 0.15) is 12.5 Å². The third kappa shape index (κ3) is 4.19. The van der Waals surface area contributed by atoms with Crippen LogP contribution >= 0.6 is 0 Å². The summed E-state index contributed by atoms with van der Waals surface area (Å²) in [5.41, 5.74) is 1.31. The van der Waals surface area contributed by atoms with Crippen molar-refractivity contribution in [2.75, 3.05) is 20.3 Å². The van der Waals surface area contributed by atoms with Crippen molar-refractivity contribution in [1.29, 1.82) is 0 Å². The van der Waals surface area contributed by atoms with Crippen molar-refractivity contribution in [3.8, 4) is 17.2 Å². The molecular weight excluding hydrogens is 252 g/mol. The van der Waals surface area contributed by atoms with Gasteiger partial charge in [-0.2, -0.15) is 0 Å². The highest BCUT2D eigenvalue weighted by Crippen LogP contribution is 2.17. The first-order valence-corrected chi connectivity index (χ1v) is 6.80. The van der Waals surface area contributed by atoms with Gasteiger partial charge >= 0.3 is 0 Å². The molecule has 0 aliphatic rings. The fourth-order valence-electron chi connectivity index (χ4n) is 1.81. The summed E-state index contributed by atoms with van der Waals surface area (Å²) in [6, 6.07) is 15.7. The minimum absolute atomic E-state index is 0.516. The molecule has 0 aliphatic heterocycles. The molecule has 0 N–H and O–H groups in total. The lowest BCUT2D eigenvalue weighted by atomic mass is 10.2. The van der Waals surface area contributed by atoms with Gasteiger partial charge in [-0.1, -0.05) is 19.1 Å². The van der Waals surface area contributed by atoms with Crippen molar-refractivity contribution < 1.29 is 14.2 Å². The Labute approximate surface area is 120 Å². The highest BCUT2D eigenvalue weighted by atomic mass is 16.5. The van der Waals surface area contributed by atoms with Crippen LogP contribution in [0.5, 0.6) is 17.2 Å². The van der Waals surface area contributed by atoms with E-state index in [9.17, 15) is 0 Å². The Kier molecular flexibility index (Phi) is 5.30. The molecule has 0 aliphatic carbocycles. The van der Waals surface area contributed by atoms with Gasteiger partial charge in [0.1, 0.15) is 30.5 Å². The number of benzene rings is 2. The van der Waals surface area contributed by atoms with Crippen LogP contribution in [0, 0.1) is 0 Å². The molecule has 0 spiro atoms. The van der Waals surface area contributed by atoms with Gasteiger partial charge in [0.25, 0.3) is 0 Å². The third-order valence-corrected chi connectivity index (χ3v) is 3.01. The normalized spacial score (nSPS) is 10.1. The predicted molar refractivity (Wildman–Crippen MR) is 79.8 cm³/mol. The zero-order valence-corrected chi connectivity index (χ0v) is 12.0. The fraction of sp³-hybridized carbons (Fsp3) is 0.294. The van der Waals surface area contributed by atoms with Crippen LogP contribution in [-0.4, -0.2) is 20.3 Å². The Morgan fingerprint density at radius 1 is 0.700 bits per heavy atom. The molecule has 106 valence electrons. The van der Waals surface area contributed by atoms with Gasteiger partial charge in [-0.05, 0) is 48.4 Å². The third-order valence-electron chi connectivity index (χ3n) is 3.01. The van der Waals surface area contributed by atoms with E-state index in [1.807, 2.05) is 36.4 Å². The molecule has 0 fully saturated rings. The smallest absolute Gasteiger partial charge is 0.122 e. The number of ether oxygens (including phenoxy) is 3. The van der Waals surface area contributed by atoms with E-state index < -0.39 is 0 Å². The average Bonchev–Trinajstić information content (AvgIpc) is 2.53. The van der Waals surface area contributed by atoms with Gasteiger partial charge in [0.2, 0.25) is 0 Å². The molecule has 3 nitrogen and oxygen atoms in total. The van der Waals surface area contributed by atoms with E-state index in [0.717, 1.165) is 23.7 Å². The molecule has 0 amide bonds. The molecule has 0 aromatic heterocycles. The van der Waals surface area contributed by atoms with Crippen LogP contribution in [0.15, 0.2) is 48.5 Å². The van der Waals surface area contributed by atoms with E-state index in [1.165, 1.54) is 5.56 Å². The molecule has 0 saturated carbocycles. The summed E-state index contributed by atoms with van der Waals surface area (Å²) in [6.45, 7) is 3.18. The van der Waals surface area contributed by atoms with Gasteiger partial charge in [-0.25, -0.2) is 0 Å². The minimum atomic E-state index is 0.516. The van der Waals surface area contributed by atoms with Crippen LogP contribution in [0.3, 0.4) is 0 Å². The van der Waals surface area contributed by atoms with Crippen LogP contribution in [0.4, 0.5) is 0 Å². The Morgan fingerprint density at radius 2 is 1.15 bits per heavy atom. The van der Waals surface area contributed by atoms with E-state index in [4.69, 9.17) is 14.2 Å². The maximum atomic E-state index is 5.62. The molecule has 0 radical (unpaired) electrons. The Hall–Kier alpha value is -2.16. The highest BCUT2D eigenvalue weighted by molar-refractivity contribution is 5.31. The van der Waals surface area contributed by atoms with Gasteiger partial charge in [0.05, 0.1) is 7.11 Å². The molecule has 0 bridgehead atoms. The summed E-state index contributed by atoms with van der Waals surface area (Å²) in [6.07, 6.45) is 1.04. The van der Waals surface area contributed by atoms with E-state index in [-0.39, 0.29) is 0 Å². The van der Waals surface area contributed by atoms with E-state index >= 15 is 0 Å². The monoisotopic (exact) mass is 272 g/mol. The second-order valence-corrected chi connectivity index (χ2v) is 4.37. The maximum absolute atomic E-state index is 5.62. The second-order valence-electron chi connectivity index (χ2n) is 4.37. The van der Waals surface area contributed by atoms with E-state index in [1.54, 1.807) is 7.11 Å². The van der Waals surface area contributed by atoms with Crippen molar-refractivity contribution >= 4 is 0 Å². The van der Waals surface area contributed by atoms with E-state index in [2.05, 4.69) is 19.1 Å². The summed E-state index contributed by atoms with van der Waals surface area (Å²) >= 11 is 0. The molecular formula is C17H20O3. The summed E-state index contributed by atoms with van der Waals surface area (Å²) in [5, 5.41) is 0. The molecule has 2 aromatic carbocycles. The maximum Gasteiger partial charge on any atom is 0.122 e. The van der Waals surface area contributed by atoms with Gasteiger partial charge in [-0.15, -0.1) is 0 Å². The first-order chi connectivity index (χ1) is 9.81. The summed E-state index contributed by atoms with van der Waals surface area (Å²) in [4.78, 5) is 0. The first-order valence-electron chi connectivity index (χ1n) is 6.80. The summed E-state index contributed by atoms with van der Waals surface area (Å²) in [5.74, 6) is 2.51. The largest absolute Gasteiger partial charge is 0.497 e. The molecule has 2 aromatic rings. The minimum Gasteiger partial charge on any atom is -0.497 e. The van der Waals surface area contributed by atoms with Gasteiger partial charge in [0, 0.05) is 0 Å². The standard InChI is InChI=1S/C17H20O3/c1-3-14-4-6-16(7-5-14)19-12-13-20-17-10-8-15(18-2)9-11-17/h4-11H,3,12-13H2,1-2H3. The van der Waals surface area contributed by atoms with Crippen LogP contribution in [0.25, 0.3) is 0 Å². The Bertz CT molecular complexity index is 453. The number of methoxy groups -OCH3 is 1. The van der Waals surface area contributed by atoms with Crippen LogP contribution in [-0.2, 0) is 6.42 Å². The van der Waals surface area contributed by atoms with Gasteiger partial charge in [-0.3, -0.25) is 0 Å². The highest BCUT2D eigenvalue weighted by Gasteiger charge is 1.97. The summed E-state index contributed by atoms with van der Waals surface area (Å²) < 4.78 is 16.3. The summed E-state index contributed by atoms with van der Waals surface area (Å²) in [7, 11) is 1.65. The van der Waals surface area contributed by atoms with E-state index in [0.29, 0.717) is 13.2 Å². The zero-order valence-electron chi connectivity index (χ0n) is 12.0. The second kappa shape index (κ2) is 7.43. The first kappa shape index (κ1) is 14.3. The topological polar surface area (TPSA) is 27.7 Å². The van der Waals surface area contributed by atoms with Crippen molar-refractivity contribution in [2.45, 2.75) is 13.3 Å². The molecule has 3 heteroatoms. The molecule has 2 rings (SSSR count). The number of hydrogen-bond acceptors (Lipinski definition) is 3. The van der Waals surface area contributed by atoms with Crippen molar-refractivity contribution in [2.24, 2.45) is 0 Å². The fourth-order valence-corrected chi connectivity index (χ4v) is 1.81. The van der Waals surface area contributed by atoms with Crippen molar-refractivity contribution in [3.63, 3.8) is 0 Å². The predicted octanol–water partition coefficient (Wildman–Crippen LogP) is 3.72. The zero-order chi connectivity index (χ0) is 14.2. The van der Waals surface area contributed by atoms with Gasteiger partial charge in [0.15, 0.2) is 0 Å². The Morgan fingerprint density at radius 3 is 1.60 bits per heavy atom. The lowest BCUT2D eigenvalue weighted by molar-refractivity contribution is 0.217. The molecule has 0 atom stereocenters. The quantitative estimate of drug-likeness (QED) is 0.719. The lowest BCUT2D eigenvalue weighted by Crippen LogP contribution is -2.08. The average molecular weight is 272 g/mol.